The van der Waals surface area contributed by atoms with Gasteiger partial charge in [0, 0.05) is 0 Å². The fourth-order valence-corrected chi connectivity index (χ4v) is 0.368. The molecule has 0 aromatic carbocycles. The molecule has 0 aliphatic carbocycles. The van der Waals surface area contributed by atoms with Gasteiger partial charge >= 0.3 is 0 Å². The Labute approximate surface area is 60.1 Å². The van der Waals surface area contributed by atoms with Crippen LogP contribution >= 0.6 is 0 Å². The van der Waals surface area contributed by atoms with Gasteiger partial charge in [0.15, 0.2) is 6.29 Å². The zero-order chi connectivity index (χ0) is 8.20. The average molecular weight is 150 g/mol. The van der Waals surface area contributed by atoms with E-state index in [1.54, 1.807) is 0 Å². The molecule has 4 nitrogen and oxygen atoms in total. The van der Waals surface area contributed by atoms with E-state index in [2.05, 4.69) is 4.74 Å². The summed E-state index contributed by atoms with van der Waals surface area (Å²) in [6.45, 7) is 2.72. The zero-order valence-electron chi connectivity index (χ0n) is 6.24. The smallest absolute Gasteiger partial charge is 0.183 e. The molecule has 10 heavy (non-hydrogen) atoms. The van der Waals surface area contributed by atoms with E-state index in [0.717, 1.165) is 0 Å². The molecule has 1 atom stereocenters. The van der Waals surface area contributed by atoms with Gasteiger partial charge in [-0.05, 0) is 13.8 Å². The Morgan fingerprint density at radius 2 is 2.00 bits per heavy atom. The standard InChI is InChI=1S/C6H14O4/c1-6(2,9)5(8)10-4-3-7/h5,7-9H,3-4H2,1-2H3. The molecule has 0 aliphatic heterocycles. The van der Waals surface area contributed by atoms with E-state index in [9.17, 15) is 0 Å². The summed E-state index contributed by atoms with van der Waals surface area (Å²) in [6.07, 6.45) is -1.24. The molecule has 0 aliphatic rings. The maximum Gasteiger partial charge on any atom is 0.183 e. The van der Waals surface area contributed by atoms with Crippen LogP contribution in [0.5, 0.6) is 0 Å². The molecule has 0 heterocycles. The van der Waals surface area contributed by atoms with Gasteiger partial charge in [-0.25, -0.2) is 0 Å². The minimum absolute atomic E-state index is 0.0329. The molecule has 0 rings (SSSR count). The second-order valence-corrected chi connectivity index (χ2v) is 2.60. The van der Waals surface area contributed by atoms with Crippen molar-refractivity contribution in [2.24, 2.45) is 0 Å². The van der Waals surface area contributed by atoms with Crippen molar-refractivity contribution in [1.29, 1.82) is 0 Å². The lowest BCUT2D eigenvalue weighted by Gasteiger charge is -2.23. The highest BCUT2D eigenvalue weighted by Gasteiger charge is 2.24. The van der Waals surface area contributed by atoms with E-state index in [-0.39, 0.29) is 13.2 Å². The summed E-state index contributed by atoms with van der Waals surface area (Å²) < 4.78 is 4.61. The number of hydrogen-bond donors (Lipinski definition) is 3. The minimum atomic E-state index is -1.27. The Balaban J connectivity index is 3.52. The predicted octanol–water partition coefficient (Wildman–Crippen LogP) is -0.915. The van der Waals surface area contributed by atoms with Crippen LogP contribution in [0.3, 0.4) is 0 Å². The Bertz CT molecular complexity index is 86.2. The molecule has 0 bridgehead atoms. The van der Waals surface area contributed by atoms with E-state index < -0.39 is 11.9 Å². The largest absolute Gasteiger partial charge is 0.394 e. The summed E-state index contributed by atoms with van der Waals surface area (Å²) in [5.41, 5.74) is -1.27. The molecular formula is C6H14O4. The van der Waals surface area contributed by atoms with Gasteiger partial charge in [0.05, 0.1) is 13.2 Å². The van der Waals surface area contributed by atoms with E-state index in [0.29, 0.717) is 0 Å². The molecule has 0 saturated heterocycles. The Kier molecular flexibility index (Phi) is 3.81. The van der Waals surface area contributed by atoms with Gasteiger partial charge in [-0.3, -0.25) is 0 Å². The first-order chi connectivity index (χ1) is 4.48. The van der Waals surface area contributed by atoms with E-state index in [1.165, 1.54) is 13.8 Å². The summed E-state index contributed by atoms with van der Waals surface area (Å²) in [5, 5.41) is 26.3. The molecule has 1 unspecified atom stereocenters. The molecule has 0 spiro atoms. The number of aliphatic hydroxyl groups is 3. The lowest BCUT2D eigenvalue weighted by Crippen LogP contribution is -2.38. The lowest BCUT2D eigenvalue weighted by atomic mass is 10.1. The second kappa shape index (κ2) is 3.88. The predicted molar refractivity (Wildman–Crippen MR) is 35.3 cm³/mol. The van der Waals surface area contributed by atoms with E-state index >= 15 is 0 Å². The van der Waals surface area contributed by atoms with Crippen LogP contribution in [0.2, 0.25) is 0 Å². The first-order valence-corrected chi connectivity index (χ1v) is 3.11. The molecule has 4 heteroatoms. The van der Waals surface area contributed by atoms with Crippen LogP contribution in [0, 0.1) is 0 Å². The van der Waals surface area contributed by atoms with Gasteiger partial charge in [-0.2, -0.15) is 0 Å². The topological polar surface area (TPSA) is 69.9 Å². The van der Waals surface area contributed by atoms with Crippen LogP contribution in [0.4, 0.5) is 0 Å². The fraction of sp³-hybridized carbons (Fsp3) is 1.00. The molecule has 3 N–H and O–H groups in total. The third kappa shape index (κ3) is 3.79. The SMILES string of the molecule is CC(C)(O)C(O)OCCO. The minimum Gasteiger partial charge on any atom is -0.394 e. The quantitative estimate of drug-likeness (QED) is 0.453. The van der Waals surface area contributed by atoms with Crippen molar-refractivity contribution >= 4 is 0 Å². The van der Waals surface area contributed by atoms with Gasteiger partial charge in [-0.15, -0.1) is 0 Å². The number of ether oxygens (including phenoxy) is 1. The zero-order valence-corrected chi connectivity index (χ0v) is 6.24. The molecule has 0 radical (unpaired) electrons. The fourth-order valence-electron chi connectivity index (χ4n) is 0.368. The van der Waals surface area contributed by atoms with Crippen molar-refractivity contribution in [2.75, 3.05) is 13.2 Å². The van der Waals surface area contributed by atoms with Gasteiger partial charge < -0.3 is 20.1 Å². The van der Waals surface area contributed by atoms with Crippen LogP contribution in [0.25, 0.3) is 0 Å². The van der Waals surface area contributed by atoms with Gasteiger partial charge in [0.1, 0.15) is 5.60 Å². The van der Waals surface area contributed by atoms with Crippen LogP contribution in [-0.4, -0.2) is 40.4 Å². The first kappa shape index (κ1) is 9.84. The van der Waals surface area contributed by atoms with E-state index in [4.69, 9.17) is 15.3 Å². The highest BCUT2D eigenvalue weighted by molar-refractivity contribution is 4.67. The molecule has 0 saturated carbocycles. The van der Waals surface area contributed by atoms with Gasteiger partial charge in [0.25, 0.3) is 0 Å². The molecule has 0 amide bonds. The average Bonchev–Trinajstić information content (AvgIpc) is 1.80. The highest BCUT2D eigenvalue weighted by atomic mass is 16.6. The van der Waals surface area contributed by atoms with Crippen molar-refractivity contribution in [3.8, 4) is 0 Å². The van der Waals surface area contributed by atoms with Crippen molar-refractivity contribution in [3.63, 3.8) is 0 Å². The van der Waals surface area contributed by atoms with Gasteiger partial charge in [0.2, 0.25) is 0 Å². The highest BCUT2D eigenvalue weighted by Crippen LogP contribution is 2.08. The number of rotatable bonds is 4. The molecule has 0 fully saturated rings. The van der Waals surface area contributed by atoms with E-state index in [1.807, 2.05) is 0 Å². The molecule has 62 valence electrons. The number of aliphatic hydroxyl groups excluding tert-OH is 2. The van der Waals surface area contributed by atoms with Crippen LogP contribution in [0.1, 0.15) is 13.8 Å². The Hall–Kier alpha value is -0.160. The van der Waals surface area contributed by atoms with Crippen molar-refractivity contribution in [3.05, 3.63) is 0 Å². The van der Waals surface area contributed by atoms with Gasteiger partial charge in [-0.1, -0.05) is 0 Å². The monoisotopic (exact) mass is 150 g/mol. The first-order valence-electron chi connectivity index (χ1n) is 3.11. The normalized spacial score (nSPS) is 15.3. The summed E-state index contributed by atoms with van der Waals surface area (Å²) in [6, 6.07) is 0. The Morgan fingerprint density at radius 1 is 1.50 bits per heavy atom. The summed E-state index contributed by atoms with van der Waals surface area (Å²) >= 11 is 0. The van der Waals surface area contributed by atoms with Crippen LogP contribution in [0.15, 0.2) is 0 Å². The number of hydrogen-bond acceptors (Lipinski definition) is 4. The van der Waals surface area contributed by atoms with Crippen molar-refractivity contribution in [2.45, 2.75) is 25.7 Å². The van der Waals surface area contributed by atoms with Crippen LogP contribution in [-0.2, 0) is 4.74 Å². The summed E-state index contributed by atoms with van der Waals surface area (Å²) in [7, 11) is 0. The summed E-state index contributed by atoms with van der Waals surface area (Å²) in [5.74, 6) is 0. The molecule has 0 aromatic rings. The molecular weight excluding hydrogens is 136 g/mol. The van der Waals surface area contributed by atoms with Crippen molar-refractivity contribution in [1.82, 2.24) is 0 Å². The molecule has 0 aromatic heterocycles. The third-order valence-corrected chi connectivity index (χ3v) is 0.971. The maximum absolute atomic E-state index is 9.06. The van der Waals surface area contributed by atoms with Crippen LogP contribution < -0.4 is 0 Å². The van der Waals surface area contributed by atoms with Crippen molar-refractivity contribution < 1.29 is 20.1 Å². The second-order valence-electron chi connectivity index (χ2n) is 2.60. The Morgan fingerprint density at radius 3 is 2.30 bits per heavy atom. The third-order valence-electron chi connectivity index (χ3n) is 0.971. The summed E-state index contributed by atoms with van der Waals surface area (Å²) in [4.78, 5) is 0. The maximum atomic E-state index is 9.06. The lowest BCUT2D eigenvalue weighted by molar-refractivity contribution is -0.201.